The lowest BCUT2D eigenvalue weighted by Gasteiger charge is -2.32. The average Bonchev–Trinajstić information content (AvgIpc) is 2.63. The quantitative estimate of drug-likeness (QED) is 0.622. The highest BCUT2D eigenvalue weighted by atomic mass is 35.5. The summed E-state index contributed by atoms with van der Waals surface area (Å²) in [6.45, 7) is 7.85. The molecule has 6 heteroatoms. The van der Waals surface area contributed by atoms with Gasteiger partial charge >= 0.3 is 0 Å². The van der Waals surface area contributed by atoms with Crippen molar-refractivity contribution < 1.29 is 9.59 Å². The molecule has 0 aliphatic heterocycles. The maximum absolute atomic E-state index is 13.3. The van der Waals surface area contributed by atoms with Crippen molar-refractivity contribution in [2.24, 2.45) is 0 Å². The van der Waals surface area contributed by atoms with Crippen molar-refractivity contribution in [2.75, 3.05) is 0 Å². The van der Waals surface area contributed by atoms with Gasteiger partial charge in [-0.05, 0) is 44.9 Å². The molecule has 0 aliphatic rings. The molecular weight excluding hydrogens is 407 g/mol. The SMILES string of the molecule is CC[C@@H](C(=O)NC(C)C)N(Cc1c(Cl)cccc1Cl)C(=O)Cc1cccc(C)c1. The number of rotatable bonds is 8. The summed E-state index contributed by atoms with van der Waals surface area (Å²) < 4.78 is 0. The van der Waals surface area contributed by atoms with Crippen molar-refractivity contribution >= 4 is 35.0 Å². The van der Waals surface area contributed by atoms with Crippen LogP contribution in [0.5, 0.6) is 0 Å². The number of amides is 2. The molecule has 156 valence electrons. The van der Waals surface area contributed by atoms with Crippen LogP contribution in [0.1, 0.15) is 43.9 Å². The zero-order valence-electron chi connectivity index (χ0n) is 17.3. The molecule has 2 amide bonds. The van der Waals surface area contributed by atoms with Crippen LogP contribution < -0.4 is 5.32 Å². The Bertz CT molecular complexity index is 847. The molecule has 2 aromatic carbocycles. The molecule has 0 saturated heterocycles. The Balaban J connectivity index is 2.37. The molecule has 29 heavy (non-hydrogen) atoms. The standard InChI is InChI=1S/C23H28Cl2N2O2/c1-5-21(23(29)26-15(2)3)27(14-18-19(24)10-7-11-20(18)25)22(28)13-17-9-6-8-16(4)12-17/h6-12,15,21H,5,13-14H2,1-4H3,(H,26,29)/t21-/m0/s1. The van der Waals surface area contributed by atoms with Crippen LogP contribution in [0.15, 0.2) is 42.5 Å². The third-order valence-corrected chi connectivity index (χ3v) is 5.35. The van der Waals surface area contributed by atoms with Crippen LogP contribution in [0.3, 0.4) is 0 Å². The van der Waals surface area contributed by atoms with Crippen molar-refractivity contribution in [3.63, 3.8) is 0 Å². The topological polar surface area (TPSA) is 49.4 Å². The number of halogens is 2. The van der Waals surface area contributed by atoms with Gasteiger partial charge in [-0.15, -0.1) is 0 Å². The fourth-order valence-electron chi connectivity index (χ4n) is 3.25. The van der Waals surface area contributed by atoms with Gasteiger partial charge in [0.25, 0.3) is 0 Å². The number of carbonyl (C=O) groups is 2. The second-order valence-corrected chi connectivity index (χ2v) is 8.29. The van der Waals surface area contributed by atoms with Crippen molar-refractivity contribution in [1.29, 1.82) is 0 Å². The van der Waals surface area contributed by atoms with Gasteiger partial charge in [0, 0.05) is 28.2 Å². The molecule has 1 atom stereocenters. The maximum atomic E-state index is 13.3. The molecule has 0 fully saturated rings. The third-order valence-electron chi connectivity index (χ3n) is 4.64. The van der Waals surface area contributed by atoms with Crippen molar-refractivity contribution in [2.45, 2.75) is 59.2 Å². The van der Waals surface area contributed by atoms with E-state index >= 15 is 0 Å². The van der Waals surface area contributed by atoms with Crippen LogP contribution in [-0.2, 0) is 22.6 Å². The van der Waals surface area contributed by atoms with E-state index < -0.39 is 6.04 Å². The summed E-state index contributed by atoms with van der Waals surface area (Å²) in [5.74, 6) is -0.319. The van der Waals surface area contributed by atoms with Gasteiger partial charge in [0.15, 0.2) is 0 Å². The zero-order chi connectivity index (χ0) is 21.6. The van der Waals surface area contributed by atoms with E-state index in [2.05, 4.69) is 5.32 Å². The normalized spacial score (nSPS) is 12.0. The number of hydrogen-bond acceptors (Lipinski definition) is 2. The summed E-state index contributed by atoms with van der Waals surface area (Å²) in [7, 11) is 0. The summed E-state index contributed by atoms with van der Waals surface area (Å²) in [5.41, 5.74) is 2.63. The van der Waals surface area contributed by atoms with E-state index in [1.807, 2.05) is 52.0 Å². The molecule has 0 unspecified atom stereocenters. The maximum Gasteiger partial charge on any atom is 0.243 e. The first-order valence-corrected chi connectivity index (χ1v) is 10.6. The van der Waals surface area contributed by atoms with Crippen LogP contribution >= 0.6 is 23.2 Å². The number of benzene rings is 2. The fraction of sp³-hybridized carbons (Fsp3) is 0.391. The van der Waals surface area contributed by atoms with Crippen LogP contribution in [0, 0.1) is 6.92 Å². The smallest absolute Gasteiger partial charge is 0.243 e. The molecule has 1 N–H and O–H groups in total. The van der Waals surface area contributed by atoms with Crippen molar-refractivity contribution in [1.82, 2.24) is 10.2 Å². The van der Waals surface area contributed by atoms with Crippen LogP contribution in [0.25, 0.3) is 0 Å². The van der Waals surface area contributed by atoms with Gasteiger partial charge in [-0.3, -0.25) is 9.59 Å². The summed E-state index contributed by atoms with van der Waals surface area (Å²) in [6.07, 6.45) is 0.690. The van der Waals surface area contributed by atoms with E-state index in [-0.39, 0.29) is 30.8 Å². The zero-order valence-corrected chi connectivity index (χ0v) is 18.8. The second kappa shape index (κ2) is 10.7. The molecule has 0 aromatic heterocycles. The number of carbonyl (C=O) groups excluding carboxylic acids is 2. The minimum Gasteiger partial charge on any atom is -0.352 e. The first-order valence-electron chi connectivity index (χ1n) is 9.81. The van der Waals surface area contributed by atoms with Gasteiger partial charge in [0.2, 0.25) is 11.8 Å². The lowest BCUT2D eigenvalue weighted by atomic mass is 10.0. The average molecular weight is 435 g/mol. The molecule has 0 spiro atoms. The highest BCUT2D eigenvalue weighted by Gasteiger charge is 2.30. The van der Waals surface area contributed by atoms with E-state index in [9.17, 15) is 9.59 Å². The lowest BCUT2D eigenvalue weighted by Crippen LogP contribution is -2.50. The second-order valence-electron chi connectivity index (χ2n) is 7.48. The van der Waals surface area contributed by atoms with Gasteiger partial charge in [-0.1, -0.05) is 66.0 Å². The molecule has 0 saturated carbocycles. The summed E-state index contributed by atoms with van der Waals surface area (Å²) in [5, 5.41) is 3.87. The lowest BCUT2D eigenvalue weighted by molar-refractivity contribution is -0.141. The summed E-state index contributed by atoms with van der Waals surface area (Å²) in [4.78, 5) is 27.7. The predicted molar refractivity (Wildman–Crippen MR) is 119 cm³/mol. The molecule has 4 nitrogen and oxygen atoms in total. The van der Waals surface area contributed by atoms with Gasteiger partial charge in [-0.25, -0.2) is 0 Å². The van der Waals surface area contributed by atoms with Crippen molar-refractivity contribution in [3.8, 4) is 0 Å². The first-order chi connectivity index (χ1) is 13.7. The Kier molecular flexibility index (Phi) is 8.54. The molecule has 0 radical (unpaired) electrons. The summed E-state index contributed by atoms with van der Waals surface area (Å²) in [6, 6.07) is 12.4. The molecular formula is C23H28Cl2N2O2. The van der Waals surface area contributed by atoms with Gasteiger partial charge in [0.1, 0.15) is 6.04 Å². The molecule has 2 rings (SSSR count). The third kappa shape index (κ3) is 6.48. The van der Waals surface area contributed by atoms with Crippen LogP contribution in [-0.4, -0.2) is 28.8 Å². The Hall–Kier alpha value is -2.04. The fourth-order valence-corrected chi connectivity index (χ4v) is 3.77. The highest BCUT2D eigenvalue weighted by molar-refractivity contribution is 6.36. The predicted octanol–water partition coefficient (Wildman–Crippen LogP) is 5.18. The van der Waals surface area contributed by atoms with Crippen molar-refractivity contribution in [3.05, 3.63) is 69.2 Å². The Morgan fingerprint density at radius 1 is 1.07 bits per heavy atom. The number of aryl methyl sites for hydroxylation is 1. The summed E-state index contributed by atoms with van der Waals surface area (Å²) >= 11 is 12.7. The van der Waals surface area contributed by atoms with Gasteiger partial charge in [0.05, 0.1) is 6.42 Å². The van der Waals surface area contributed by atoms with Gasteiger partial charge in [-0.2, -0.15) is 0 Å². The number of nitrogens with zero attached hydrogens (tertiary/aromatic N) is 1. The Morgan fingerprint density at radius 2 is 1.69 bits per heavy atom. The largest absolute Gasteiger partial charge is 0.352 e. The van der Waals surface area contributed by atoms with Gasteiger partial charge < -0.3 is 10.2 Å². The Morgan fingerprint density at radius 3 is 2.24 bits per heavy atom. The van der Waals surface area contributed by atoms with E-state index in [0.717, 1.165) is 11.1 Å². The molecule has 0 aliphatic carbocycles. The molecule has 0 heterocycles. The van der Waals surface area contributed by atoms with E-state index in [4.69, 9.17) is 23.2 Å². The number of hydrogen-bond donors (Lipinski definition) is 1. The monoisotopic (exact) mass is 434 g/mol. The first kappa shape index (κ1) is 23.2. The van der Waals surface area contributed by atoms with E-state index in [0.29, 0.717) is 22.0 Å². The van der Waals surface area contributed by atoms with Crippen LogP contribution in [0.4, 0.5) is 0 Å². The molecule has 0 bridgehead atoms. The minimum absolute atomic E-state index is 0.0193. The Labute approximate surface area is 183 Å². The van der Waals surface area contributed by atoms with E-state index in [1.165, 1.54) is 0 Å². The minimum atomic E-state index is -0.609. The molecule has 2 aromatic rings. The number of nitrogens with one attached hydrogen (secondary N) is 1. The van der Waals surface area contributed by atoms with E-state index in [1.54, 1.807) is 23.1 Å². The highest BCUT2D eigenvalue weighted by Crippen LogP contribution is 2.27. The van der Waals surface area contributed by atoms with Crippen LogP contribution in [0.2, 0.25) is 10.0 Å².